The van der Waals surface area contributed by atoms with Crippen LogP contribution in [0.5, 0.6) is 0 Å². The molecule has 12 N–H and O–H groups in total. The first-order chi connectivity index (χ1) is 32.9. The van der Waals surface area contributed by atoms with Gasteiger partial charge in [0.1, 0.15) is 19.6 Å². The van der Waals surface area contributed by atoms with Crippen LogP contribution in [0, 0.1) is 0 Å². The maximum absolute atomic E-state index is 10.7. The molecule has 4 rings (SSSR count). The van der Waals surface area contributed by atoms with Crippen LogP contribution in [0.1, 0.15) is 0 Å². The number of hydrogen-bond acceptors (Lipinski definition) is 28. The molecule has 0 fully saturated rings. The monoisotopic (exact) mass is 1600 g/mol. The Morgan fingerprint density at radius 1 is 0.253 bits per heavy atom. The molecule has 0 heterocycles. The van der Waals surface area contributed by atoms with Gasteiger partial charge in [0.2, 0.25) is 0 Å². The first-order valence-electron chi connectivity index (χ1n) is 16.3. The van der Waals surface area contributed by atoms with Crippen molar-refractivity contribution in [2.24, 2.45) is 0 Å². The average molecular weight is 1610 g/mol. The predicted molar refractivity (Wildman–Crippen MR) is 222 cm³/mol. The molecule has 0 unspecified atom stereocenters. The van der Waals surface area contributed by atoms with E-state index in [4.69, 9.17) is 95.2 Å². The average Bonchev–Trinajstić information content (AvgIpc) is 3.13. The summed E-state index contributed by atoms with van der Waals surface area (Å²) >= 11 is 0. The largest absolute Gasteiger partial charge is 4.00 e. The molecule has 0 spiro atoms. The smallest absolute Gasteiger partial charge is 0.807 e. The van der Waals surface area contributed by atoms with Gasteiger partial charge in [-0.3, -0.25) is 36.5 Å². The molecule has 0 aromatic heterocycles. The third kappa shape index (κ3) is 53.4. The quantitative estimate of drug-likeness (QED) is 0.0576. The number of rotatable bonds is 8. The third-order valence-electron chi connectivity index (χ3n) is 5.75. The van der Waals surface area contributed by atoms with Gasteiger partial charge in [0.15, 0.2) is 0 Å². The van der Waals surface area contributed by atoms with Crippen molar-refractivity contribution in [2.45, 2.75) is 19.6 Å². The minimum Gasteiger partial charge on any atom is -0.807 e. The first-order valence-corrected chi connectivity index (χ1v) is 34.4. The van der Waals surface area contributed by atoms with Crippen molar-refractivity contribution in [3.05, 3.63) is 97.1 Å². The van der Waals surface area contributed by atoms with Crippen molar-refractivity contribution < 1.29 is 265 Å². The van der Waals surface area contributed by atoms with Crippen LogP contribution in [-0.2, 0) is 156 Å². The molecule has 55 heteroatoms. The summed E-state index contributed by atoms with van der Waals surface area (Å²) in [6.07, 6.45) is 0. The van der Waals surface area contributed by atoms with Gasteiger partial charge < -0.3 is 116 Å². The van der Waals surface area contributed by atoms with E-state index >= 15 is 0 Å². The maximum atomic E-state index is 10.7. The molecule has 0 bridgehead atoms. The molecule has 0 saturated heterocycles. The standard InChI is InChI=1S/4C6H7O6PS.4H3O4P.3Zr/c4*7-13(8,9)5-3-1-2-4-6(5)14(10,11)12;4*1-5(2,3)4;;;/h4*1-4H,(H2,7,8,9)(H,10,11,12);4*(H3,1,2,3,4);;;/q;;;;;;;;3*+4/p-12. The van der Waals surface area contributed by atoms with Crippen LogP contribution >= 0.6 is 61.7 Å². The molecule has 0 aliphatic heterocycles. The van der Waals surface area contributed by atoms with Crippen molar-refractivity contribution in [1.82, 2.24) is 0 Å². The van der Waals surface area contributed by atoms with E-state index in [1.54, 1.807) is 0 Å². The second kappa shape index (κ2) is 37.0. The second-order valence-electron chi connectivity index (χ2n) is 11.7. The predicted octanol–water partition coefficient (Wildman–Crippen LogP) is -12.4. The Balaban J connectivity index is -0.000000155. The van der Waals surface area contributed by atoms with Crippen LogP contribution in [0.25, 0.3) is 0 Å². The van der Waals surface area contributed by atoms with Gasteiger partial charge in [-0.1, -0.05) is 72.8 Å². The van der Waals surface area contributed by atoms with Gasteiger partial charge in [0.25, 0.3) is 71.8 Å². The topological polar surface area (TPSA) is 793 Å². The van der Waals surface area contributed by atoms with Crippen LogP contribution in [0.2, 0.25) is 0 Å². The van der Waals surface area contributed by atoms with E-state index in [-0.39, 0.29) is 78.6 Å². The molecule has 0 aliphatic rings. The molecule has 0 atom stereocenters. The van der Waals surface area contributed by atoms with E-state index in [9.17, 15) is 91.1 Å². The summed E-state index contributed by atoms with van der Waals surface area (Å²) in [6, 6.07) is 16.2. The molecule has 4 aromatic rings. The van der Waals surface area contributed by atoms with Crippen LogP contribution in [0.3, 0.4) is 0 Å². The van der Waals surface area contributed by atoms with Gasteiger partial charge in [-0.15, -0.1) is 0 Å². The number of phosphoric acid groups is 4. The Kier molecular flexibility index (Phi) is 43.6. The zero-order valence-electron chi connectivity index (χ0n) is 36.7. The van der Waals surface area contributed by atoms with E-state index in [0.717, 1.165) is 48.5 Å². The number of hydrogen-bond donors (Lipinski definition) is 12. The molecule has 40 nitrogen and oxygen atoms in total. The van der Waals surface area contributed by atoms with E-state index in [2.05, 4.69) is 0 Å². The van der Waals surface area contributed by atoms with Gasteiger partial charge in [-0.25, -0.2) is 0 Å². The molecule has 4 aromatic carbocycles. The van der Waals surface area contributed by atoms with Crippen LogP contribution in [0.4, 0.5) is 0 Å². The zero-order valence-corrected chi connectivity index (χ0v) is 54.5. The molecule has 0 aliphatic carbocycles. The fourth-order valence-corrected chi connectivity index (χ4v) is 11.1. The van der Waals surface area contributed by atoms with E-state index < -0.39 is 143 Å². The minimum atomic E-state index is -5.19. The Morgan fingerprint density at radius 2 is 0.342 bits per heavy atom. The SMILES string of the molecule is O=P([O-])(O)O.O=P([O-])(O)O.O=P([O-])(O)O.O=P([O-])(O)O.O=P([O-])([O-])c1ccccc1S(=O)(=O)O.O=P([O-])([O-])c1ccccc1S(=O)(=O)O.O=P([O-])([O-])c1ccccc1S(=O)(=O)O.O=P([O-])([O-])c1ccccc1S(=O)(=O)O.[Zr+4].[Zr+4].[Zr+4]. The van der Waals surface area contributed by atoms with Crippen molar-refractivity contribution in [3.8, 4) is 0 Å². The minimum absolute atomic E-state index is 0. The van der Waals surface area contributed by atoms with Crippen molar-refractivity contribution in [3.63, 3.8) is 0 Å². The summed E-state index contributed by atoms with van der Waals surface area (Å²) in [5.41, 5.74) is 0. The van der Waals surface area contributed by atoms with Gasteiger partial charge in [-0.05, 0) is 54.6 Å². The van der Waals surface area contributed by atoms with Crippen LogP contribution in [-0.4, -0.2) is 91.0 Å². The van der Waals surface area contributed by atoms with Gasteiger partial charge >= 0.3 is 78.6 Å². The second-order valence-corrected chi connectivity index (χ2v) is 27.1. The summed E-state index contributed by atoms with van der Waals surface area (Å²) in [7, 11) is -59.1. The molecule has 440 valence electrons. The fourth-order valence-electron chi connectivity index (χ4n) is 3.61. The normalized spacial score (nSPS) is 12.1. The summed E-state index contributed by atoms with van der Waals surface area (Å²) in [5, 5.41) is -3.71. The Morgan fingerprint density at radius 3 is 0.405 bits per heavy atom. The summed E-state index contributed by atoms with van der Waals surface area (Å²) in [5.74, 6) is 0. The zero-order chi connectivity index (χ0) is 61.9. The fraction of sp³-hybridized carbons (Fsp3) is 0. The van der Waals surface area contributed by atoms with E-state index in [0.29, 0.717) is 0 Å². The van der Waals surface area contributed by atoms with Gasteiger partial charge in [-0.2, -0.15) is 33.7 Å². The molecule has 0 amide bonds. The Bertz CT molecular complexity index is 2940. The molecule has 0 saturated carbocycles. The summed E-state index contributed by atoms with van der Waals surface area (Å²) < 4.78 is 197. The number of benzene rings is 4. The van der Waals surface area contributed by atoms with Gasteiger partial charge in [0, 0.05) is 21.2 Å². The summed E-state index contributed by atoms with van der Waals surface area (Å²) in [4.78, 5) is 173. The Hall–Kier alpha value is 0.209. The van der Waals surface area contributed by atoms with Crippen LogP contribution < -0.4 is 79.9 Å². The Labute approximate surface area is 500 Å². The van der Waals surface area contributed by atoms with E-state index in [1.165, 1.54) is 48.5 Å². The van der Waals surface area contributed by atoms with E-state index in [1.807, 2.05) is 0 Å². The van der Waals surface area contributed by atoms with Crippen molar-refractivity contribution in [1.29, 1.82) is 0 Å². The molecule has 0 radical (unpaired) electrons. The van der Waals surface area contributed by atoms with Gasteiger partial charge in [0.05, 0.1) is 0 Å². The van der Waals surface area contributed by atoms with Crippen molar-refractivity contribution >= 4 is 123 Å². The summed E-state index contributed by atoms with van der Waals surface area (Å²) in [6.45, 7) is 0. The molecular weight excluding hydrogens is 1580 g/mol. The van der Waals surface area contributed by atoms with Crippen molar-refractivity contribution in [2.75, 3.05) is 0 Å². The maximum Gasteiger partial charge on any atom is 4.00 e. The van der Waals surface area contributed by atoms with Crippen LogP contribution in [0.15, 0.2) is 117 Å². The molecule has 79 heavy (non-hydrogen) atoms. The molecular formula is C24H28O40P8S4Zr3. The first kappa shape index (κ1) is 92.9. The third-order valence-corrected chi connectivity index (χ3v) is 13.9.